The van der Waals surface area contributed by atoms with E-state index in [1.165, 1.54) is 12.8 Å². The number of thiophene rings is 1. The number of aryl methyl sites for hydroxylation is 2. The van der Waals surface area contributed by atoms with Gasteiger partial charge in [0.25, 0.3) is 0 Å². The minimum absolute atomic E-state index is 0.129. The normalized spacial score (nSPS) is 25.8. The van der Waals surface area contributed by atoms with Gasteiger partial charge in [-0.25, -0.2) is 0 Å². The standard InChI is InChI=1S/C40H53N5O3S/c1-25-19-26(2)21-27(20-25)34-33(35(47)38(3,4)24-43-17-15-42(16-18-43)23-32(46)44-13-7-8-14-44)29-22-31(49-36(29)41-34)39(5,6)37(48)45-30-10-9-28-11-12-40(28,30)45/h19-22,28,30,41H,7-18,23-24H2,1-6H3. The van der Waals surface area contributed by atoms with Crippen molar-refractivity contribution in [2.75, 3.05) is 52.4 Å². The van der Waals surface area contributed by atoms with E-state index in [9.17, 15) is 14.4 Å². The first-order valence-electron chi connectivity index (χ1n) is 18.7. The zero-order valence-electron chi connectivity index (χ0n) is 30.3. The molecule has 3 saturated heterocycles. The highest BCUT2D eigenvalue weighted by atomic mass is 32.1. The number of likely N-dealkylation sites (tertiary alicyclic amines) is 2. The van der Waals surface area contributed by atoms with E-state index in [0.29, 0.717) is 25.0 Å². The van der Waals surface area contributed by atoms with Crippen LogP contribution >= 0.6 is 11.3 Å². The quantitative estimate of drug-likeness (QED) is 0.209. The molecular weight excluding hydrogens is 631 g/mol. The van der Waals surface area contributed by atoms with E-state index in [4.69, 9.17) is 0 Å². The highest BCUT2D eigenvalue weighted by Crippen LogP contribution is 2.67. The van der Waals surface area contributed by atoms with Crippen LogP contribution in [0.5, 0.6) is 0 Å². The number of ketones is 1. The van der Waals surface area contributed by atoms with Crippen molar-refractivity contribution in [3.8, 4) is 11.3 Å². The van der Waals surface area contributed by atoms with Crippen molar-refractivity contribution in [3.05, 3.63) is 45.8 Å². The van der Waals surface area contributed by atoms with Gasteiger partial charge >= 0.3 is 0 Å². The fourth-order valence-corrected chi connectivity index (χ4v) is 11.0. The third kappa shape index (κ3) is 5.41. The Balaban J connectivity index is 1.05. The number of nitrogens with one attached hydrogen (secondary N) is 1. The van der Waals surface area contributed by atoms with E-state index >= 15 is 0 Å². The highest BCUT2D eigenvalue weighted by molar-refractivity contribution is 7.19. The zero-order chi connectivity index (χ0) is 34.5. The molecule has 8 nitrogen and oxygen atoms in total. The number of piperazine rings is 1. The van der Waals surface area contributed by atoms with E-state index in [-0.39, 0.29) is 23.1 Å². The van der Waals surface area contributed by atoms with Crippen LogP contribution in [0.2, 0.25) is 0 Å². The van der Waals surface area contributed by atoms with Gasteiger partial charge in [0, 0.05) is 61.5 Å². The van der Waals surface area contributed by atoms with Gasteiger partial charge in [-0.2, -0.15) is 0 Å². The number of aromatic nitrogens is 1. The number of fused-ring (bicyclic) bond motifs is 1. The SMILES string of the molecule is Cc1cc(C)cc(-c2[nH]c3sc(C(C)(C)C(=O)N4C5CCC6CCC654)cc3c2C(=O)C(C)(C)CN2CCN(CC(=O)N3CCCC3)CC2)c1. The van der Waals surface area contributed by atoms with Crippen LogP contribution in [0.25, 0.3) is 21.5 Å². The topological polar surface area (TPSA) is 79.7 Å². The van der Waals surface area contributed by atoms with Gasteiger partial charge in [-0.1, -0.05) is 31.0 Å². The second kappa shape index (κ2) is 11.8. The van der Waals surface area contributed by atoms with Gasteiger partial charge in [0.15, 0.2) is 5.78 Å². The van der Waals surface area contributed by atoms with Crippen LogP contribution in [0.1, 0.15) is 92.6 Å². The number of carbonyl (C=O) groups is 3. The number of aromatic amines is 1. The van der Waals surface area contributed by atoms with Gasteiger partial charge in [0.2, 0.25) is 11.8 Å². The molecule has 3 aliphatic heterocycles. The summed E-state index contributed by atoms with van der Waals surface area (Å²) < 4.78 is 0. The van der Waals surface area contributed by atoms with Crippen molar-refractivity contribution in [2.24, 2.45) is 11.3 Å². The summed E-state index contributed by atoms with van der Waals surface area (Å²) in [5.74, 6) is 1.32. The fraction of sp³-hybridized carbons (Fsp3) is 0.625. The summed E-state index contributed by atoms with van der Waals surface area (Å²) >= 11 is 1.64. The first-order valence-corrected chi connectivity index (χ1v) is 19.5. The smallest absolute Gasteiger partial charge is 0.236 e. The third-order valence-corrected chi connectivity index (χ3v) is 14.1. The van der Waals surface area contributed by atoms with Gasteiger partial charge in [0.1, 0.15) is 4.83 Å². The molecular formula is C40H53N5O3S. The predicted octanol–water partition coefficient (Wildman–Crippen LogP) is 6.39. The van der Waals surface area contributed by atoms with Crippen molar-refractivity contribution in [2.45, 2.75) is 97.1 Å². The molecule has 8 rings (SSSR count). The largest absolute Gasteiger partial charge is 0.346 e. The average molecular weight is 684 g/mol. The summed E-state index contributed by atoms with van der Waals surface area (Å²) in [5, 5.41) is 0.934. The average Bonchev–Trinajstić information content (AvgIpc) is 3.53. The lowest BCUT2D eigenvalue weighted by atomic mass is 9.73. The van der Waals surface area contributed by atoms with Crippen molar-refractivity contribution in [1.82, 2.24) is 24.6 Å². The third-order valence-electron chi connectivity index (χ3n) is 12.8. The summed E-state index contributed by atoms with van der Waals surface area (Å²) in [4.78, 5) is 56.4. The number of carbonyl (C=O) groups excluding carboxylic acids is 3. The molecule has 1 N–H and O–H groups in total. The van der Waals surface area contributed by atoms with E-state index in [0.717, 1.165) is 108 Å². The maximum absolute atomic E-state index is 14.9. The van der Waals surface area contributed by atoms with Crippen molar-refractivity contribution in [1.29, 1.82) is 0 Å². The Labute approximate surface area is 295 Å². The van der Waals surface area contributed by atoms with Crippen LogP contribution in [0, 0.1) is 25.2 Å². The second-order valence-corrected chi connectivity index (χ2v) is 18.1. The molecule has 2 aromatic heterocycles. The molecule has 3 atom stereocenters. The maximum Gasteiger partial charge on any atom is 0.236 e. The van der Waals surface area contributed by atoms with Crippen LogP contribution in [-0.2, 0) is 15.0 Å². The van der Waals surface area contributed by atoms with E-state index in [1.54, 1.807) is 11.3 Å². The second-order valence-electron chi connectivity index (χ2n) is 17.1. The molecule has 262 valence electrons. The number of Topliss-reactive ketones (excluding diaryl/α,β-unsaturated/α-hetero) is 1. The molecule has 2 amide bonds. The summed E-state index contributed by atoms with van der Waals surface area (Å²) in [5.41, 5.74) is 3.84. The number of nitrogens with zero attached hydrogens (tertiary/aromatic N) is 4. The van der Waals surface area contributed by atoms with Crippen LogP contribution < -0.4 is 0 Å². The molecule has 5 aliphatic rings. The Bertz CT molecular complexity index is 1800. The number of rotatable bonds is 9. The molecule has 3 unspecified atom stereocenters. The molecule has 5 heterocycles. The van der Waals surface area contributed by atoms with Gasteiger partial charge in [-0.3, -0.25) is 24.2 Å². The first-order chi connectivity index (χ1) is 23.3. The molecule has 1 aromatic carbocycles. The van der Waals surface area contributed by atoms with E-state index < -0.39 is 10.8 Å². The fourth-order valence-electron chi connectivity index (χ4n) is 9.87. The van der Waals surface area contributed by atoms with E-state index in [2.05, 4.69) is 85.5 Å². The first kappa shape index (κ1) is 33.2. The Morgan fingerprint density at radius 3 is 2.18 bits per heavy atom. The lowest BCUT2D eigenvalue weighted by Gasteiger charge is -2.38. The van der Waals surface area contributed by atoms with Crippen molar-refractivity contribution < 1.29 is 14.4 Å². The Hall–Kier alpha value is -3.01. The molecule has 3 aromatic rings. The predicted molar refractivity (Wildman–Crippen MR) is 196 cm³/mol. The molecule has 9 heteroatoms. The number of benzene rings is 1. The molecule has 0 radical (unpaired) electrons. The van der Waals surface area contributed by atoms with Crippen molar-refractivity contribution in [3.63, 3.8) is 0 Å². The van der Waals surface area contributed by atoms with Crippen LogP contribution in [0.4, 0.5) is 0 Å². The Kier molecular flexibility index (Phi) is 7.97. The van der Waals surface area contributed by atoms with Gasteiger partial charge in [0.05, 0.1) is 34.8 Å². The number of H-pyrrole nitrogens is 1. The summed E-state index contributed by atoms with van der Waals surface area (Å²) in [6, 6.07) is 9.08. The van der Waals surface area contributed by atoms with Gasteiger partial charge in [-0.05, 0) is 95.9 Å². The van der Waals surface area contributed by atoms with Gasteiger partial charge in [-0.15, -0.1) is 11.3 Å². The molecule has 1 spiro atoms. The number of hydrogen-bond acceptors (Lipinski definition) is 6. The lowest BCUT2D eigenvalue weighted by molar-refractivity contribution is -0.134. The number of piperidine rings is 1. The van der Waals surface area contributed by atoms with Crippen LogP contribution in [-0.4, -0.2) is 106 Å². The molecule has 0 bridgehead atoms. The molecule has 5 fully saturated rings. The summed E-state index contributed by atoms with van der Waals surface area (Å²) in [6.45, 7) is 18.8. The number of hydrogen-bond donors (Lipinski definition) is 1. The lowest BCUT2D eigenvalue weighted by Crippen LogP contribution is -2.52. The summed E-state index contributed by atoms with van der Waals surface area (Å²) in [6.07, 6.45) is 7.07. The van der Waals surface area contributed by atoms with Crippen molar-refractivity contribution >= 4 is 39.2 Å². The maximum atomic E-state index is 14.9. The monoisotopic (exact) mass is 683 g/mol. The summed E-state index contributed by atoms with van der Waals surface area (Å²) in [7, 11) is 0. The Morgan fingerprint density at radius 2 is 1.55 bits per heavy atom. The number of amides is 2. The zero-order valence-corrected chi connectivity index (χ0v) is 31.1. The van der Waals surface area contributed by atoms with Crippen LogP contribution in [0.3, 0.4) is 0 Å². The van der Waals surface area contributed by atoms with Crippen LogP contribution in [0.15, 0.2) is 24.3 Å². The minimum Gasteiger partial charge on any atom is -0.346 e. The van der Waals surface area contributed by atoms with E-state index in [1.807, 2.05) is 4.90 Å². The Morgan fingerprint density at radius 1 is 0.878 bits per heavy atom. The molecule has 2 saturated carbocycles. The van der Waals surface area contributed by atoms with Gasteiger partial charge < -0.3 is 14.8 Å². The highest BCUT2D eigenvalue weighted by Gasteiger charge is 2.76. The molecule has 2 aliphatic carbocycles. The minimum atomic E-state index is -0.657. The molecule has 49 heavy (non-hydrogen) atoms.